The zero-order valence-electron chi connectivity index (χ0n) is 12.8. The predicted molar refractivity (Wildman–Crippen MR) is 89.0 cm³/mol. The Balaban J connectivity index is 2.14. The van der Waals surface area contributed by atoms with Gasteiger partial charge >= 0.3 is 0 Å². The van der Waals surface area contributed by atoms with Gasteiger partial charge in [0.1, 0.15) is 5.82 Å². The Bertz CT molecular complexity index is 917. The number of hydrogen-bond donors (Lipinski definition) is 3. The molecule has 0 aliphatic carbocycles. The number of hydrogen-bond acceptors (Lipinski definition) is 4. The lowest BCUT2D eigenvalue weighted by Gasteiger charge is -2.10. The van der Waals surface area contributed by atoms with Gasteiger partial charge in [-0.2, -0.15) is 0 Å². The second-order valence-electron chi connectivity index (χ2n) is 4.76. The van der Waals surface area contributed by atoms with Crippen LogP contribution in [0.2, 0.25) is 5.02 Å². The van der Waals surface area contributed by atoms with Crippen LogP contribution in [0.4, 0.5) is 4.39 Å². The van der Waals surface area contributed by atoms with Crippen molar-refractivity contribution >= 4 is 33.4 Å². The van der Waals surface area contributed by atoms with Gasteiger partial charge in [-0.25, -0.2) is 17.5 Å². The molecule has 2 rings (SSSR count). The Kier molecular flexibility index (Phi) is 5.73. The van der Waals surface area contributed by atoms with Gasteiger partial charge in [0, 0.05) is 5.56 Å². The van der Waals surface area contributed by atoms with E-state index in [9.17, 15) is 22.4 Å². The van der Waals surface area contributed by atoms with Gasteiger partial charge in [-0.3, -0.25) is 20.4 Å². The summed E-state index contributed by atoms with van der Waals surface area (Å²) in [6.07, 6.45) is 0. The Morgan fingerprint density at radius 2 is 1.60 bits per heavy atom. The zero-order chi connectivity index (χ0) is 18.6. The molecule has 2 aromatic rings. The average molecular weight is 386 g/mol. The van der Waals surface area contributed by atoms with Crippen LogP contribution in [0.15, 0.2) is 47.4 Å². The van der Waals surface area contributed by atoms with Gasteiger partial charge in [0.25, 0.3) is 11.8 Å². The van der Waals surface area contributed by atoms with Crippen LogP contribution in [0.25, 0.3) is 0 Å². The van der Waals surface area contributed by atoms with Crippen LogP contribution in [-0.2, 0) is 10.0 Å². The second-order valence-corrected chi connectivity index (χ2v) is 7.06. The Morgan fingerprint density at radius 3 is 2.20 bits per heavy atom. The molecular weight excluding hydrogens is 373 g/mol. The lowest BCUT2D eigenvalue weighted by Crippen LogP contribution is -2.41. The molecule has 0 aliphatic rings. The third-order valence-corrected chi connectivity index (χ3v) is 4.90. The molecule has 0 atom stereocenters. The topological polar surface area (TPSA) is 104 Å². The van der Waals surface area contributed by atoms with E-state index in [1.54, 1.807) is 0 Å². The van der Waals surface area contributed by atoms with E-state index in [0.717, 1.165) is 18.2 Å². The SMILES string of the molecule is CNS(=O)(=O)c1ccc(Cl)c(C(=O)NNC(=O)c2ccc(F)cc2)c1. The molecule has 0 heterocycles. The van der Waals surface area contributed by atoms with Gasteiger partial charge in [-0.05, 0) is 49.5 Å². The lowest BCUT2D eigenvalue weighted by molar-refractivity contribution is 0.0846. The lowest BCUT2D eigenvalue weighted by atomic mass is 10.2. The molecule has 0 aromatic heterocycles. The number of hydrazine groups is 1. The van der Waals surface area contributed by atoms with Crippen LogP contribution in [0.3, 0.4) is 0 Å². The summed E-state index contributed by atoms with van der Waals surface area (Å²) in [6.45, 7) is 0. The van der Waals surface area contributed by atoms with Gasteiger partial charge in [-0.1, -0.05) is 11.6 Å². The Labute approximate surface area is 148 Å². The first-order valence-corrected chi connectivity index (χ1v) is 8.70. The molecular formula is C15H13ClFN3O4S. The van der Waals surface area contributed by atoms with Crippen molar-refractivity contribution < 1.29 is 22.4 Å². The molecule has 10 heteroatoms. The van der Waals surface area contributed by atoms with Crippen LogP contribution in [0.1, 0.15) is 20.7 Å². The molecule has 0 saturated heterocycles. The summed E-state index contributed by atoms with van der Waals surface area (Å²) in [5.74, 6) is -1.99. The molecule has 2 amide bonds. The summed E-state index contributed by atoms with van der Waals surface area (Å²) in [5, 5.41) is 0.00332. The number of halogens is 2. The summed E-state index contributed by atoms with van der Waals surface area (Å²) in [5.41, 5.74) is 4.23. The largest absolute Gasteiger partial charge is 0.271 e. The van der Waals surface area contributed by atoms with Crippen molar-refractivity contribution in [2.75, 3.05) is 7.05 Å². The first-order chi connectivity index (χ1) is 11.7. The van der Waals surface area contributed by atoms with Crippen LogP contribution in [0, 0.1) is 5.82 Å². The number of nitrogens with one attached hydrogen (secondary N) is 3. The highest BCUT2D eigenvalue weighted by atomic mass is 35.5. The number of carbonyl (C=O) groups excluding carboxylic acids is 2. The molecule has 0 fully saturated rings. The van der Waals surface area contributed by atoms with Crippen molar-refractivity contribution in [2.24, 2.45) is 0 Å². The molecule has 7 nitrogen and oxygen atoms in total. The molecule has 132 valence electrons. The van der Waals surface area contributed by atoms with E-state index in [2.05, 4.69) is 15.6 Å². The fraction of sp³-hybridized carbons (Fsp3) is 0.0667. The van der Waals surface area contributed by atoms with Gasteiger partial charge in [0.15, 0.2) is 0 Å². The number of amides is 2. The predicted octanol–water partition coefficient (Wildman–Crippen LogP) is 1.46. The molecule has 2 aromatic carbocycles. The van der Waals surface area contributed by atoms with E-state index in [-0.39, 0.29) is 21.0 Å². The second kappa shape index (κ2) is 7.60. The van der Waals surface area contributed by atoms with Crippen LogP contribution in [0.5, 0.6) is 0 Å². The summed E-state index contributed by atoms with van der Waals surface area (Å²) in [6, 6.07) is 8.24. The van der Waals surface area contributed by atoms with Crippen LogP contribution >= 0.6 is 11.6 Å². The maximum absolute atomic E-state index is 12.8. The Morgan fingerprint density at radius 1 is 1.00 bits per heavy atom. The van der Waals surface area contributed by atoms with E-state index in [1.165, 1.54) is 31.3 Å². The van der Waals surface area contributed by atoms with Crippen LogP contribution < -0.4 is 15.6 Å². The molecule has 0 spiro atoms. The average Bonchev–Trinajstić information content (AvgIpc) is 2.60. The van der Waals surface area contributed by atoms with Gasteiger partial charge < -0.3 is 0 Å². The van der Waals surface area contributed by atoms with Crippen molar-refractivity contribution in [3.05, 3.63) is 64.4 Å². The summed E-state index contributed by atoms with van der Waals surface area (Å²) < 4.78 is 38.5. The molecule has 0 unspecified atom stereocenters. The highest BCUT2D eigenvalue weighted by Crippen LogP contribution is 2.20. The van der Waals surface area contributed by atoms with Crippen LogP contribution in [-0.4, -0.2) is 27.3 Å². The maximum atomic E-state index is 12.8. The Hall–Kier alpha value is -2.49. The van der Waals surface area contributed by atoms with E-state index in [1.807, 2.05) is 0 Å². The minimum atomic E-state index is -3.76. The molecule has 0 radical (unpaired) electrons. The highest BCUT2D eigenvalue weighted by Gasteiger charge is 2.18. The number of sulfonamides is 1. The number of benzene rings is 2. The zero-order valence-corrected chi connectivity index (χ0v) is 14.4. The van der Waals surface area contributed by atoms with Gasteiger partial charge in [0.05, 0.1) is 15.5 Å². The quantitative estimate of drug-likeness (QED) is 0.693. The molecule has 0 saturated carbocycles. The van der Waals surface area contributed by atoms with E-state index in [4.69, 9.17) is 11.6 Å². The third kappa shape index (κ3) is 4.53. The van der Waals surface area contributed by atoms with Crippen molar-refractivity contribution in [1.29, 1.82) is 0 Å². The highest BCUT2D eigenvalue weighted by molar-refractivity contribution is 7.89. The summed E-state index contributed by atoms with van der Waals surface area (Å²) in [7, 11) is -2.53. The smallest absolute Gasteiger partial charge is 0.267 e. The number of carbonyl (C=O) groups is 2. The first kappa shape index (κ1) is 18.8. The van der Waals surface area contributed by atoms with Crippen molar-refractivity contribution in [3.8, 4) is 0 Å². The fourth-order valence-corrected chi connectivity index (χ4v) is 2.78. The molecule has 3 N–H and O–H groups in total. The molecule has 0 aliphatic heterocycles. The standard InChI is InChI=1S/C15H13ClFN3O4S/c1-18-25(23,24)11-6-7-13(16)12(8-11)15(22)20-19-14(21)9-2-4-10(17)5-3-9/h2-8,18H,1H3,(H,19,21)(H,20,22). The summed E-state index contributed by atoms with van der Waals surface area (Å²) in [4.78, 5) is 23.8. The monoisotopic (exact) mass is 385 g/mol. The maximum Gasteiger partial charge on any atom is 0.271 e. The van der Waals surface area contributed by atoms with Gasteiger partial charge in [0.2, 0.25) is 10.0 Å². The normalized spacial score (nSPS) is 11.0. The van der Waals surface area contributed by atoms with Gasteiger partial charge in [-0.15, -0.1) is 0 Å². The van der Waals surface area contributed by atoms with E-state index in [0.29, 0.717) is 0 Å². The molecule has 0 bridgehead atoms. The van der Waals surface area contributed by atoms with Crippen molar-refractivity contribution in [3.63, 3.8) is 0 Å². The van der Waals surface area contributed by atoms with Crippen molar-refractivity contribution in [2.45, 2.75) is 4.90 Å². The third-order valence-electron chi connectivity index (χ3n) is 3.16. The minimum absolute atomic E-state index is 0.00332. The minimum Gasteiger partial charge on any atom is -0.267 e. The fourth-order valence-electron chi connectivity index (χ4n) is 1.82. The van der Waals surface area contributed by atoms with Crippen molar-refractivity contribution in [1.82, 2.24) is 15.6 Å². The van der Waals surface area contributed by atoms with E-state index >= 15 is 0 Å². The summed E-state index contributed by atoms with van der Waals surface area (Å²) >= 11 is 5.90. The van der Waals surface area contributed by atoms with E-state index < -0.39 is 27.7 Å². The number of rotatable bonds is 4. The molecule has 25 heavy (non-hydrogen) atoms. The first-order valence-electron chi connectivity index (χ1n) is 6.84.